The van der Waals surface area contributed by atoms with Gasteiger partial charge in [-0.15, -0.1) is 0 Å². The van der Waals surface area contributed by atoms with Crippen molar-refractivity contribution in [2.45, 2.75) is 26.7 Å². The van der Waals surface area contributed by atoms with Crippen molar-refractivity contribution >= 4 is 0 Å². The van der Waals surface area contributed by atoms with Crippen LogP contribution in [0.2, 0.25) is 0 Å². The van der Waals surface area contributed by atoms with Gasteiger partial charge in [0.05, 0.1) is 0 Å². The normalized spacial score (nSPS) is 16.4. The lowest BCUT2D eigenvalue weighted by Crippen LogP contribution is -2.39. The first-order chi connectivity index (χ1) is 8.08. The van der Waals surface area contributed by atoms with Gasteiger partial charge in [-0.05, 0) is 45.3 Å². The minimum absolute atomic E-state index is 0.764. The molecule has 17 heavy (non-hydrogen) atoms. The van der Waals surface area contributed by atoms with Crippen LogP contribution in [0.3, 0.4) is 0 Å². The van der Waals surface area contributed by atoms with E-state index < -0.39 is 0 Å². The highest BCUT2D eigenvalue weighted by atomic mass is 15.2. The number of likely N-dealkylation sites (N-methyl/N-ethyl adjacent to an activating group) is 1. The molecule has 0 atom stereocenters. The van der Waals surface area contributed by atoms with Crippen LogP contribution >= 0.6 is 0 Å². The third-order valence-corrected chi connectivity index (χ3v) is 3.22. The maximum absolute atomic E-state index is 3.58. The van der Waals surface area contributed by atoms with Gasteiger partial charge in [0.25, 0.3) is 0 Å². The molecule has 1 aliphatic carbocycles. The van der Waals surface area contributed by atoms with Gasteiger partial charge in [0.15, 0.2) is 0 Å². The Morgan fingerprint density at radius 3 is 2.35 bits per heavy atom. The number of rotatable bonds is 10. The average molecular weight is 241 g/mol. The van der Waals surface area contributed by atoms with E-state index in [1.54, 1.807) is 0 Å². The first-order valence-corrected chi connectivity index (χ1v) is 7.15. The molecule has 1 rings (SSSR count). The van der Waals surface area contributed by atoms with E-state index in [-0.39, 0.29) is 0 Å². The quantitative estimate of drug-likeness (QED) is 0.585. The van der Waals surface area contributed by atoms with Gasteiger partial charge in [-0.2, -0.15) is 0 Å². The molecule has 0 spiro atoms. The zero-order chi connectivity index (χ0) is 12.7. The smallest absolute Gasteiger partial charge is 0.0110 e. The van der Waals surface area contributed by atoms with Gasteiger partial charge < -0.3 is 15.1 Å². The zero-order valence-electron chi connectivity index (χ0n) is 12.2. The highest BCUT2D eigenvalue weighted by Crippen LogP contribution is 2.27. The molecule has 0 aromatic rings. The molecule has 0 unspecified atom stereocenters. The molecular weight excluding hydrogens is 210 g/mol. The van der Waals surface area contributed by atoms with Crippen LogP contribution in [0.1, 0.15) is 26.7 Å². The lowest BCUT2D eigenvalue weighted by Gasteiger charge is -2.25. The Morgan fingerprint density at radius 1 is 1.12 bits per heavy atom. The van der Waals surface area contributed by atoms with Crippen molar-refractivity contribution in [1.29, 1.82) is 0 Å². The summed E-state index contributed by atoms with van der Waals surface area (Å²) in [6, 6.07) is 0. The summed E-state index contributed by atoms with van der Waals surface area (Å²) >= 11 is 0. The molecule has 1 N–H and O–H groups in total. The predicted octanol–water partition coefficient (Wildman–Crippen LogP) is 1.51. The van der Waals surface area contributed by atoms with E-state index in [1.807, 2.05) is 0 Å². The van der Waals surface area contributed by atoms with Gasteiger partial charge >= 0.3 is 0 Å². The van der Waals surface area contributed by atoms with E-state index in [1.165, 1.54) is 39.0 Å². The standard InChI is InChI=1S/C14H31N3/c1-13(2)12-17(10-9-16(3)4)8-7-15-11-14-5-6-14/h13-15H,5-12H2,1-4H3. The van der Waals surface area contributed by atoms with Crippen LogP contribution in [0.4, 0.5) is 0 Å². The molecule has 0 aromatic heterocycles. The molecule has 1 fully saturated rings. The fraction of sp³-hybridized carbons (Fsp3) is 1.00. The lowest BCUT2D eigenvalue weighted by molar-refractivity contribution is 0.219. The number of hydrogen-bond acceptors (Lipinski definition) is 3. The first-order valence-electron chi connectivity index (χ1n) is 7.15. The molecule has 1 saturated carbocycles. The van der Waals surface area contributed by atoms with Gasteiger partial charge in [-0.1, -0.05) is 13.8 Å². The number of nitrogens with zero attached hydrogens (tertiary/aromatic N) is 2. The Hall–Kier alpha value is -0.120. The second-order valence-corrected chi connectivity index (χ2v) is 6.15. The van der Waals surface area contributed by atoms with Gasteiger partial charge in [-0.25, -0.2) is 0 Å². The molecule has 0 bridgehead atoms. The molecule has 3 nitrogen and oxygen atoms in total. The second-order valence-electron chi connectivity index (χ2n) is 6.15. The fourth-order valence-electron chi connectivity index (χ4n) is 2.02. The fourth-order valence-corrected chi connectivity index (χ4v) is 2.02. The molecule has 0 aliphatic heterocycles. The molecule has 0 saturated heterocycles. The maximum atomic E-state index is 3.58. The summed E-state index contributed by atoms with van der Waals surface area (Å²) < 4.78 is 0. The zero-order valence-corrected chi connectivity index (χ0v) is 12.2. The van der Waals surface area contributed by atoms with Crippen LogP contribution in [-0.4, -0.2) is 63.2 Å². The summed E-state index contributed by atoms with van der Waals surface area (Å²) in [4.78, 5) is 4.86. The van der Waals surface area contributed by atoms with Crippen LogP contribution in [-0.2, 0) is 0 Å². The number of hydrogen-bond donors (Lipinski definition) is 1. The highest BCUT2D eigenvalue weighted by molar-refractivity contribution is 4.75. The minimum atomic E-state index is 0.764. The third-order valence-electron chi connectivity index (χ3n) is 3.22. The van der Waals surface area contributed by atoms with Gasteiger partial charge in [0.1, 0.15) is 0 Å². The molecule has 102 valence electrons. The summed E-state index contributed by atoms with van der Waals surface area (Å²) in [6.45, 7) is 11.8. The molecule has 0 aromatic carbocycles. The highest BCUT2D eigenvalue weighted by Gasteiger charge is 2.20. The number of nitrogens with one attached hydrogen (secondary N) is 1. The van der Waals surface area contributed by atoms with Crippen molar-refractivity contribution in [1.82, 2.24) is 15.1 Å². The predicted molar refractivity (Wildman–Crippen MR) is 75.4 cm³/mol. The van der Waals surface area contributed by atoms with Crippen molar-refractivity contribution < 1.29 is 0 Å². The van der Waals surface area contributed by atoms with E-state index in [0.29, 0.717) is 0 Å². The molecule has 0 amide bonds. The van der Waals surface area contributed by atoms with Crippen LogP contribution in [0.25, 0.3) is 0 Å². The van der Waals surface area contributed by atoms with E-state index in [9.17, 15) is 0 Å². The van der Waals surface area contributed by atoms with E-state index in [0.717, 1.165) is 24.9 Å². The average Bonchev–Trinajstić information content (AvgIpc) is 3.03. The Kier molecular flexibility index (Phi) is 7.09. The maximum Gasteiger partial charge on any atom is 0.0110 e. The molecular formula is C14H31N3. The summed E-state index contributed by atoms with van der Waals surface area (Å²) in [5, 5.41) is 3.58. The largest absolute Gasteiger partial charge is 0.315 e. The van der Waals surface area contributed by atoms with Crippen LogP contribution in [0.5, 0.6) is 0 Å². The van der Waals surface area contributed by atoms with E-state index in [4.69, 9.17) is 0 Å². The molecule has 3 heteroatoms. The lowest BCUT2D eigenvalue weighted by atomic mass is 10.2. The minimum Gasteiger partial charge on any atom is -0.315 e. The monoisotopic (exact) mass is 241 g/mol. The Labute approximate surface area is 108 Å². The summed E-state index contributed by atoms with van der Waals surface area (Å²) in [6.07, 6.45) is 2.90. The van der Waals surface area contributed by atoms with Crippen LogP contribution in [0.15, 0.2) is 0 Å². The van der Waals surface area contributed by atoms with Crippen molar-refractivity contribution in [2.24, 2.45) is 11.8 Å². The summed E-state index contributed by atoms with van der Waals surface area (Å²) in [7, 11) is 4.30. The van der Waals surface area contributed by atoms with Gasteiger partial charge in [0.2, 0.25) is 0 Å². The second kappa shape index (κ2) is 8.06. The topological polar surface area (TPSA) is 18.5 Å². The Morgan fingerprint density at radius 2 is 1.82 bits per heavy atom. The molecule has 1 aliphatic rings. The van der Waals surface area contributed by atoms with Gasteiger partial charge in [0, 0.05) is 32.7 Å². The first kappa shape index (κ1) is 14.9. The Balaban J connectivity index is 2.09. The van der Waals surface area contributed by atoms with Crippen molar-refractivity contribution in [3.63, 3.8) is 0 Å². The van der Waals surface area contributed by atoms with Crippen LogP contribution in [0, 0.1) is 11.8 Å². The van der Waals surface area contributed by atoms with Gasteiger partial charge in [-0.3, -0.25) is 0 Å². The summed E-state index contributed by atoms with van der Waals surface area (Å²) in [5.41, 5.74) is 0. The third kappa shape index (κ3) is 8.58. The van der Waals surface area contributed by atoms with Crippen molar-refractivity contribution in [3.8, 4) is 0 Å². The van der Waals surface area contributed by atoms with Crippen molar-refractivity contribution in [2.75, 3.05) is 53.4 Å². The van der Waals surface area contributed by atoms with E-state index >= 15 is 0 Å². The van der Waals surface area contributed by atoms with Crippen molar-refractivity contribution in [3.05, 3.63) is 0 Å². The summed E-state index contributed by atoms with van der Waals surface area (Å²) in [5.74, 6) is 1.76. The van der Waals surface area contributed by atoms with Crippen LogP contribution < -0.4 is 5.32 Å². The molecule has 0 radical (unpaired) electrons. The molecule has 0 heterocycles. The SMILES string of the molecule is CC(C)CN(CCNCC1CC1)CCN(C)C. The Bertz CT molecular complexity index is 188. The van der Waals surface area contributed by atoms with E-state index in [2.05, 4.69) is 43.1 Å².